The average Bonchev–Trinajstić information content (AvgIpc) is 3.15. The molecular formula is C18H24N2O2S2. The number of hydrogen-bond acceptors (Lipinski definition) is 4. The Balaban J connectivity index is 1.85. The van der Waals surface area contributed by atoms with Crippen LogP contribution in [0.1, 0.15) is 37.1 Å². The van der Waals surface area contributed by atoms with Gasteiger partial charge in [0.2, 0.25) is 0 Å². The first-order chi connectivity index (χ1) is 11.2. The van der Waals surface area contributed by atoms with Gasteiger partial charge in [0.05, 0.1) is 0 Å². The van der Waals surface area contributed by atoms with Crippen LogP contribution in [0.2, 0.25) is 0 Å². The van der Waals surface area contributed by atoms with Gasteiger partial charge in [-0.15, -0.1) is 11.3 Å². The van der Waals surface area contributed by atoms with Gasteiger partial charge in [0.1, 0.15) is 4.21 Å². The van der Waals surface area contributed by atoms with E-state index in [0.29, 0.717) is 17.3 Å². The normalized spacial score (nSPS) is 22.8. The van der Waals surface area contributed by atoms with Crippen molar-refractivity contribution in [1.29, 1.82) is 0 Å². The Morgan fingerprint density at radius 1 is 1.08 bits per heavy atom. The summed E-state index contributed by atoms with van der Waals surface area (Å²) >= 11 is 1.36. The third kappa shape index (κ3) is 3.28. The van der Waals surface area contributed by atoms with Crippen molar-refractivity contribution in [2.45, 2.75) is 42.4 Å². The molecule has 2 aromatic rings. The molecule has 1 aliphatic rings. The van der Waals surface area contributed by atoms with Crippen LogP contribution in [0.25, 0.3) is 0 Å². The molecule has 0 spiro atoms. The molecule has 24 heavy (non-hydrogen) atoms. The maximum atomic E-state index is 13.0. The SMILES string of the molecule is CC(C)(C)c1ccc(S(=O)(=O)N2C[C@@H](N)[C@H](c3ccccc3)C2)s1. The zero-order chi connectivity index (χ0) is 17.5. The third-order valence-electron chi connectivity index (χ3n) is 4.47. The van der Waals surface area contributed by atoms with E-state index >= 15 is 0 Å². The summed E-state index contributed by atoms with van der Waals surface area (Å²) in [6.07, 6.45) is 0. The molecule has 0 radical (unpaired) electrons. The molecular weight excluding hydrogens is 340 g/mol. The first-order valence-electron chi connectivity index (χ1n) is 8.10. The summed E-state index contributed by atoms with van der Waals surface area (Å²) in [5.41, 5.74) is 7.30. The minimum atomic E-state index is -3.48. The number of hydrogen-bond donors (Lipinski definition) is 1. The molecule has 0 unspecified atom stereocenters. The number of rotatable bonds is 3. The average molecular weight is 365 g/mol. The minimum absolute atomic E-state index is 0.0445. The van der Waals surface area contributed by atoms with Crippen LogP contribution in [-0.4, -0.2) is 31.9 Å². The standard InChI is InChI=1S/C18H24N2O2S2/c1-18(2,3)16-9-10-17(23-16)24(21,22)20-11-14(15(19)12-20)13-7-5-4-6-8-13/h4-10,14-15H,11-12,19H2,1-3H3/t14-,15+/m0/s1. The van der Waals surface area contributed by atoms with E-state index in [2.05, 4.69) is 20.8 Å². The molecule has 0 amide bonds. The summed E-state index contributed by atoms with van der Waals surface area (Å²) in [5.74, 6) is 0.0445. The van der Waals surface area contributed by atoms with Gasteiger partial charge in [-0.1, -0.05) is 51.1 Å². The van der Waals surface area contributed by atoms with Crippen molar-refractivity contribution in [3.8, 4) is 0 Å². The molecule has 0 bridgehead atoms. The van der Waals surface area contributed by atoms with E-state index in [4.69, 9.17) is 5.73 Å². The highest BCUT2D eigenvalue weighted by molar-refractivity contribution is 7.91. The number of nitrogens with zero attached hydrogens (tertiary/aromatic N) is 1. The van der Waals surface area contributed by atoms with Crippen LogP contribution in [-0.2, 0) is 15.4 Å². The molecule has 6 heteroatoms. The number of sulfonamides is 1. The van der Waals surface area contributed by atoms with E-state index in [0.717, 1.165) is 10.4 Å². The van der Waals surface area contributed by atoms with Gasteiger partial charge in [0, 0.05) is 29.9 Å². The van der Waals surface area contributed by atoms with Gasteiger partial charge in [0.15, 0.2) is 0 Å². The van der Waals surface area contributed by atoms with Crippen molar-refractivity contribution in [3.05, 3.63) is 52.9 Å². The van der Waals surface area contributed by atoms with Crippen LogP contribution in [0.5, 0.6) is 0 Å². The van der Waals surface area contributed by atoms with E-state index in [1.54, 1.807) is 6.07 Å². The van der Waals surface area contributed by atoms with E-state index in [9.17, 15) is 8.42 Å². The molecule has 1 saturated heterocycles. The lowest BCUT2D eigenvalue weighted by molar-refractivity contribution is 0.472. The minimum Gasteiger partial charge on any atom is -0.326 e. The molecule has 0 saturated carbocycles. The van der Waals surface area contributed by atoms with Crippen LogP contribution in [0.3, 0.4) is 0 Å². The van der Waals surface area contributed by atoms with Crippen molar-refractivity contribution in [3.63, 3.8) is 0 Å². The quantitative estimate of drug-likeness (QED) is 0.910. The first kappa shape index (κ1) is 17.6. The second kappa shape index (κ2) is 6.26. The fourth-order valence-corrected chi connectivity index (χ4v) is 6.05. The maximum Gasteiger partial charge on any atom is 0.252 e. The lowest BCUT2D eigenvalue weighted by Gasteiger charge is -2.17. The summed E-state index contributed by atoms with van der Waals surface area (Å²) in [6.45, 7) is 7.08. The Morgan fingerprint density at radius 3 is 2.33 bits per heavy atom. The molecule has 2 heterocycles. The molecule has 0 aliphatic carbocycles. The summed E-state index contributed by atoms with van der Waals surface area (Å²) in [4.78, 5) is 1.07. The number of thiophene rings is 1. The lowest BCUT2D eigenvalue weighted by Crippen LogP contribution is -2.31. The molecule has 2 N–H and O–H groups in total. The van der Waals surface area contributed by atoms with Gasteiger partial charge >= 0.3 is 0 Å². The van der Waals surface area contributed by atoms with Crippen molar-refractivity contribution in [2.75, 3.05) is 13.1 Å². The zero-order valence-corrected chi connectivity index (χ0v) is 15.9. The van der Waals surface area contributed by atoms with Crippen molar-refractivity contribution in [1.82, 2.24) is 4.31 Å². The summed E-state index contributed by atoms with van der Waals surface area (Å²) in [6, 6.07) is 13.4. The Kier molecular flexibility index (Phi) is 4.59. The summed E-state index contributed by atoms with van der Waals surface area (Å²) in [5, 5.41) is 0. The van der Waals surface area contributed by atoms with E-state index < -0.39 is 10.0 Å². The van der Waals surface area contributed by atoms with E-state index in [1.165, 1.54) is 15.6 Å². The molecule has 1 fully saturated rings. The van der Waals surface area contributed by atoms with Gasteiger partial charge < -0.3 is 5.73 Å². The Morgan fingerprint density at radius 2 is 1.75 bits per heavy atom. The van der Waals surface area contributed by atoms with Crippen LogP contribution in [0.15, 0.2) is 46.7 Å². The predicted octanol–water partition coefficient (Wildman–Crippen LogP) is 3.16. The molecule has 1 aromatic heterocycles. The Bertz CT molecular complexity index is 807. The summed E-state index contributed by atoms with van der Waals surface area (Å²) < 4.78 is 27.9. The van der Waals surface area contributed by atoms with Crippen LogP contribution < -0.4 is 5.73 Å². The highest BCUT2D eigenvalue weighted by Crippen LogP contribution is 2.36. The van der Waals surface area contributed by atoms with Crippen molar-refractivity contribution in [2.24, 2.45) is 5.73 Å². The fraction of sp³-hybridized carbons (Fsp3) is 0.444. The lowest BCUT2D eigenvalue weighted by atomic mass is 9.95. The first-order valence-corrected chi connectivity index (χ1v) is 10.4. The highest BCUT2D eigenvalue weighted by atomic mass is 32.2. The molecule has 2 atom stereocenters. The van der Waals surface area contributed by atoms with Gasteiger partial charge in [-0.25, -0.2) is 8.42 Å². The predicted molar refractivity (Wildman–Crippen MR) is 98.9 cm³/mol. The van der Waals surface area contributed by atoms with E-state index in [-0.39, 0.29) is 17.4 Å². The topological polar surface area (TPSA) is 63.4 Å². The van der Waals surface area contributed by atoms with Gasteiger partial charge in [-0.2, -0.15) is 4.31 Å². The van der Waals surface area contributed by atoms with Crippen molar-refractivity contribution >= 4 is 21.4 Å². The van der Waals surface area contributed by atoms with Gasteiger partial charge in [-0.3, -0.25) is 0 Å². The third-order valence-corrected chi connectivity index (χ3v) is 8.28. The molecule has 3 rings (SSSR count). The van der Waals surface area contributed by atoms with Crippen LogP contribution in [0, 0.1) is 0 Å². The van der Waals surface area contributed by atoms with Crippen LogP contribution >= 0.6 is 11.3 Å². The highest BCUT2D eigenvalue weighted by Gasteiger charge is 2.39. The van der Waals surface area contributed by atoms with Crippen LogP contribution in [0.4, 0.5) is 0 Å². The monoisotopic (exact) mass is 364 g/mol. The second-order valence-electron chi connectivity index (χ2n) is 7.37. The van der Waals surface area contributed by atoms with E-state index in [1.807, 2.05) is 36.4 Å². The molecule has 1 aliphatic heterocycles. The maximum absolute atomic E-state index is 13.0. The molecule has 1 aromatic carbocycles. The number of benzene rings is 1. The molecule has 4 nitrogen and oxygen atoms in total. The van der Waals surface area contributed by atoms with Crippen molar-refractivity contribution < 1.29 is 8.42 Å². The largest absolute Gasteiger partial charge is 0.326 e. The molecule has 130 valence electrons. The van der Waals surface area contributed by atoms with Gasteiger partial charge in [-0.05, 0) is 23.1 Å². The van der Waals surface area contributed by atoms with Gasteiger partial charge in [0.25, 0.3) is 10.0 Å². The zero-order valence-electron chi connectivity index (χ0n) is 14.3. The fourth-order valence-electron chi connectivity index (χ4n) is 3.03. The second-order valence-corrected chi connectivity index (χ2v) is 10.6. The Labute approximate surface area is 148 Å². The smallest absolute Gasteiger partial charge is 0.252 e. The summed E-state index contributed by atoms with van der Waals surface area (Å²) in [7, 11) is -3.48. The number of nitrogens with two attached hydrogens (primary N) is 1. The Hall–Kier alpha value is -1.21.